The molecular formula is C9H18O3. The molecule has 0 aliphatic rings. The third-order valence-corrected chi connectivity index (χ3v) is 1.01. The third kappa shape index (κ3) is 22.8. The number of carbonyl (C=O) groups excluding carboxylic acids is 2. The van der Waals surface area contributed by atoms with Gasteiger partial charge in [0.2, 0.25) is 0 Å². The van der Waals surface area contributed by atoms with Gasteiger partial charge in [-0.3, -0.25) is 9.59 Å². The monoisotopic (exact) mass is 174 g/mol. The quantitative estimate of drug-likeness (QED) is 0.654. The van der Waals surface area contributed by atoms with Crippen LogP contribution in [0.3, 0.4) is 0 Å². The van der Waals surface area contributed by atoms with Crippen molar-refractivity contribution in [2.24, 2.45) is 0 Å². The maximum Gasteiger partial charge on any atom is 0.137 e. The van der Waals surface area contributed by atoms with Crippen LogP contribution in [0.25, 0.3) is 0 Å². The van der Waals surface area contributed by atoms with Crippen LogP contribution in [0.15, 0.2) is 0 Å². The van der Waals surface area contributed by atoms with Crippen molar-refractivity contribution >= 4 is 11.6 Å². The van der Waals surface area contributed by atoms with E-state index in [1.807, 2.05) is 0 Å². The molecule has 0 spiro atoms. The van der Waals surface area contributed by atoms with Gasteiger partial charge in [-0.1, -0.05) is 13.3 Å². The van der Waals surface area contributed by atoms with E-state index in [0.717, 1.165) is 12.8 Å². The fourth-order valence-corrected chi connectivity index (χ4v) is 0.509. The molecule has 3 heteroatoms. The summed E-state index contributed by atoms with van der Waals surface area (Å²) in [6.45, 7) is 5.20. The van der Waals surface area contributed by atoms with Gasteiger partial charge in [-0.15, -0.1) is 0 Å². The van der Waals surface area contributed by atoms with Crippen LogP contribution in [-0.2, 0) is 9.59 Å². The highest BCUT2D eigenvalue weighted by molar-refractivity contribution is 5.96. The van der Waals surface area contributed by atoms with E-state index >= 15 is 0 Å². The molecule has 0 unspecified atom stereocenters. The van der Waals surface area contributed by atoms with Crippen molar-refractivity contribution in [3.05, 3.63) is 0 Å². The molecule has 0 aliphatic carbocycles. The highest BCUT2D eigenvalue weighted by Crippen LogP contribution is 1.80. The van der Waals surface area contributed by atoms with E-state index in [4.69, 9.17) is 5.11 Å². The van der Waals surface area contributed by atoms with Gasteiger partial charge in [-0.25, -0.2) is 0 Å². The number of aliphatic hydroxyl groups excluding tert-OH is 1. The molecule has 0 aromatic heterocycles. The van der Waals surface area contributed by atoms with Gasteiger partial charge in [0.1, 0.15) is 11.6 Å². The number of hydrogen-bond acceptors (Lipinski definition) is 3. The molecule has 0 radical (unpaired) electrons. The van der Waals surface area contributed by atoms with Crippen molar-refractivity contribution in [3.63, 3.8) is 0 Å². The third-order valence-electron chi connectivity index (χ3n) is 1.01. The first kappa shape index (κ1) is 13.9. The zero-order chi connectivity index (χ0) is 9.98. The number of carbonyl (C=O) groups is 2. The Labute approximate surface area is 73.8 Å². The van der Waals surface area contributed by atoms with Gasteiger partial charge >= 0.3 is 0 Å². The molecule has 0 aliphatic heterocycles. The van der Waals surface area contributed by atoms with Crippen molar-refractivity contribution in [1.82, 2.24) is 0 Å². The van der Waals surface area contributed by atoms with Crippen molar-refractivity contribution in [2.45, 2.75) is 40.0 Å². The van der Waals surface area contributed by atoms with Gasteiger partial charge in [0.05, 0.1) is 6.42 Å². The van der Waals surface area contributed by atoms with E-state index in [1.54, 1.807) is 0 Å². The summed E-state index contributed by atoms with van der Waals surface area (Å²) in [5, 5.41) is 8.07. The van der Waals surface area contributed by atoms with Gasteiger partial charge < -0.3 is 5.11 Å². The molecule has 0 saturated carbocycles. The number of hydrogen-bond donors (Lipinski definition) is 1. The normalized spacial score (nSPS) is 8.33. The number of ketones is 2. The van der Waals surface area contributed by atoms with Crippen LogP contribution < -0.4 is 0 Å². The van der Waals surface area contributed by atoms with E-state index in [1.165, 1.54) is 13.8 Å². The molecule has 0 bridgehead atoms. The minimum atomic E-state index is -0.0625. The van der Waals surface area contributed by atoms with Gasteiger partial charge in [-0.05, 0) is 20.3 Å². The molecule has 0 atom stereocenters. The van der Waals surface area contributed by atoms with E-state index in [2.05, 4.69) is 6.92 Å². The first-order chi connectivity index (χ1) is 5.54. The predicted octanol–water partition coefficient (Wildman–Crippen LogP) is 1.33. The van der Waals surface area contributed by atoms with Crippen LogP contribution in [0.4, 0.5) is 0 Å². The molecule has 72 valence electrons. The van der Waals surface area contributed by atoms with E-state index in [-0.39, 0.29) is 18.0 Å². The fraction of sp³-hybridized carbons (Fsp3) is 0.778. The molecule has 12 heavy (non-hydrogen) atoms. The van der Waals surface area contributed by atoms with Crippen molar-refractivity contribution < 1.29 is 14.7 Å². The van der Waals surface area contributed by atoms with Crippen LogP contribution in [0, 0.1) is 0 Å². The lowest BCUT2D eigenvalue weighted by atomic mass is 10.2. The van der Waals surface area contributed by atoms with Crippen LogP contribution in [0.5, 0.6) is 0 Å². The molecule has 0 fully saturated rings. The summed E-state index contributed by atoms with van der Waals surface area (Å²) in [6, 6.07) is 0. The molecule has 0 heterocycles. The number of unbranched alkanes of at least 4 members (excludes halogenated alkanes) is 1. The van der Waals surface area contributed by atoms with Crippen molar-refractivity contribution in [2.75, 3.05) is 6.61 Å². The van der Waals surface area contributed by atoms with Gasteiger partial charge in [0.25, 0.3) is 0 Å². The summed E-state index contributed by atoms with van der Waals surface area (Å²) in [5.74, 6) is -0.125. The van der Waals surface area contributed by atoms with Crippen LogP contribution in [0.2, 0.25) is 0 Å². The van der Waals surface area contributed by atoms with Gasteiger partial charge in [0, 0.05) is 6.61 Å². The Morgan fingerprint density at radius 3 is 1.58 bits per heavy atom. The number of rotatable bonds is 4. The Hall–Kier alpha value is -0.700. The highest BCUT2D eigenvalue weighted by Gasteiger charge is 1.94. The Bertz CT molecular complexity index is 116. The smallest absolute Gasteiger partial charge is 0.137 e. The second kappa shape index (κ2) is 10.3. The van der Waals surface area contributed by atoms with Crippen LogP contribution in [0.1, 0.15) is 40.0 Å². The zero-order valence-corrected chi connectivity index (χ0v) is 8.09. The molecule has 0 aromatic rings. The summed E-state index contributed by atoms with van der Waals surface area (Å²) < 4.78 is 0. The lowest BCUT2D eigenvalue weighted by Crippen LogP contribution is -1.97. The molecule has 0 aromatic carbocycles. The second-order valence-corrected chi connectivity index (χ2v) is 2.66. The Morgan fingerprint density at radius 2 is 1.58 bits per heavy atom. The highest BCUT2D eigenvalue weighted by atomic mass is 16.2. The molecular weight excluding hydrogens is 156 g/mol. The summed E-state index contributed by atoms with van der Waals surface area (Å²) in [4.78, 5) is 20.1. The lowest BCUT2D eigenvalue weighted by molar-refractivity contribution is -0.124. The minimum Gasteiger partial charge on any atom is -0.396 e. The van der Waals surface area contributed by atoms with E-state index < -0.39 is 0 Å². The summed E-state index contributed by atoms with van der Waals surface area (Å²) in [6.07, 6.45) is 2.12. The lowest BCUT2D eigenvalue weighted by Gasteiger charge is -1.81. The Morgan fingerprint density at radius 1 is 1.17 bits per heavy atom. The molecule has 1 N–H and O–H groups in total. The number of Topliss-reactive ketones (excluding diaryl/α,β-unsaturated/α-hetero) is 2. The van der Waals surface area contributed by atoms with Crippen molar-refractivity contribution in [3.8, 4) is 0 Å². The molecule has 0 saturated heterocycles. The first-order valence-electron chi connectivity index (χ1n) is 4.14. The zero-order valence-electron chi connectivity index (χ0n) is 8.09. The average molecular weight is 174 g/mol. The molecule has 3 nitrogen and oxygen atoms in total. The largest absolute Gasteiger partial charge is 0.396 e. The van der Waals surface area contributed by atoms with E-state index in [0.29, 0.717) is 6.61 Å². The Balaban J connectivity index is 0. The fourth-order valence-electron chi connectivity index (χ4n) is 0.509. The first-order valence-corrected chi connectivity index (χ1v) is 4.14. The average Bonchev–Trinajstić information content (AvgIpc) is 1.87. The Kier molecular flexibility index (Phi) is 11.9. The van der Waals surface area contributed by atoms with Crippen LogP contribution in [-0.4, -0.2) is 23.3 Å². The maximum absolute atomic E-state index is 10.0. The number of aliphatic hydroxyl groups is 1. The summed E-state index contributed by atoms with van der Waals surface area (Å²) in [7, 11) is 0. The van der Waals surface area contributed by atoms with Crippen molar-refractivity contribution in [1.29, 1.82) is 0 Å². The van der Waals surface area contributed by atoms with Gasteiger partial charge in [-0.2, -0.15) is 0 Å². The van der Waals surface area contributed by atoms with E-state index in [9.17, 15) is 9.59 Å². The topological polar surface area (TPSA) is 54.4 Å². The predicted molar refractivity (Wildman–Crippen MR) is 48.0 cm³/mol. The SMILES string of the molecule is CC(=O)CC(C)=O.CCCCO. The second-order valence-electron chi connectivity index (χ2n) is 2.66. The van der Waals surface area contributed by atoms with Gasteiger partial charge in [0.15, 0.2) is 0 Å². The standard InChI is InChI=1S/C5H8O2.C4H10O/c1-4(6)3-5(2)7;1-2-3-4-5/h3H2,1-2H3;5H,2-4H2,1H3. The maximum atomic E-state index is 10.0. The molecule has 0 rings (SSSR count). The summed E-state index contributed by atoms with van der Waals surface area (Å²) in [5.41, 5.74) is 0. The minimum absolute atomic E-state index is 0.0625. The summed E-state index contributed by atoms with van der Waals surface area (Å²) >= 11 is 0. The molecule has 0 amide bonds. The van der Waals surface area contributed by atoms with Crippen LogP contribution >= 0.6 is 0 Å².